The molecule has 0 unspecified atom stereocenters. The molecule has 1 heterocycles. The van der Waals surface area contributed by atoms with Gasteiger partial charge in [0.1, 0.15) is 12.4 Å². The van der Waals surface area contributed by atoms with Gasteiger partial charge in [0.2, 0.25) is 5.91 Å². The van der Waals surface area contributed by atoms with Crippen molar-refractivity contribution in [3.63, 3.8) is 0 Å². The van der Waals surface area contributed by atoms with E-state index in [9.17, 15) is 14.4 Å². The summed E-state index contributed by atoms with van der Waals surface area (Å²) >= 11 is 0. The van der Waals surface area contributed by atoms with Gasteiger partial charge in [-0.1, -0.05) is 54.6 Å². The minimum atomic E-state index is -0.513. The average Bonchev–Trinajstić information content (AvgIpc) is 2.84. The Bertz CT molecular complexity index is 1340. The van der Waals surface area contributed by atoms with Crippen LogP contribution in [0.15, 0.2) is 88.5 Å². The maximum Gasteiger partial charge on any atom is 0.328 e. The van der Waals surface area contributed by atoms with Gasteiger partial charge in [-0.2, -0.15) is 0 Å². The van der Waals surface area contributed by atoms with Crippen molar-refractivity contribution >= 4 is 16.8 Å². The number of hydrogen-bond acceptors (Lipinski definition) is 4. The number of hydrogen-bond donors (Lipinski definition) is 2. The van der Waals surface area contributed by atoms with Crippen LogP contribution in [0.1, 0.15) is 17.5 Å². The molecule has 0 spiro atoms. The number of amides is 1. The largest absolute Gasteiger partial charge is 0.489 e. The molecule has 0 aliphatic heterocycles. The van der Waals surface area contributed by atoms with E-state index in [-0.39, 0.29) is 18.9 Å². The zero-order chi connectivity index (χ0) is 23.0. The summed E-state index contributed by atoms with van der Waals surface area (Å²) < 4.78 is 7.21. The molecule has 0 fully saturated rings. The molecule has 7 heteroatoms. The smallest absolute Gasteiger partial charge is 0.328 e. The third-order valence-corrected chi connectivity index (χ3v) is 5.38. The third kappa shape index (κ3) is 5.77. The normalized spacial score (nSPS) is 10.8. The fourth-order valence-corrected chi connectivity index (χ4v) is 3.61. The summed E-state index contributed by atoms with van der Waals surface area (Å²) in [6.07, 6.45) is 0.828. The monoisotopic (exact) mass is 443 g/mol. The minimum Gasteiger partial charge on any atom is -0.489 e. The van der Waals surface area contributed by atoms with E-state index in [1.807, 2.05) is 54.6 Å². The summed E-state index contributed by atoms with van der Waals surface area (Å²) in [6.45, 7) is 1.20. The van der Waals surface area contributed by atoms with Crippen molar-refractivity contribution in [2.24, 2.45) is 0 Å². The summed E-state index contributed by atoms with van der Waals surface area (Å²) in [5.74, 6) is 0.644. The summed E-state index contributed by atoms with van der Waals surface area (Å²) in [4.78, 5) is 38.7. The Balaban J connectivity index is 1.24. The highest BCUT2D eigenvalue weighted by Gasteiger charge is 2.09. The second-order valence-electron chi connectivity index (χ2n) is 7.70. The van der Waals surface area contributed by atoms with E-state index in [2.05, 4.69) is 10.3 Å². The summed E-state index contributed by atoms with van der Waals surface area (Å²) in [5, 5.41) is 3.31. The van der Waals surface area contributed by atoms with Gasteiger partial charge in [0.05, 0.1) is 10.9 Å². The Hall–Kier alpha value is -4.13. The second kappa shape index (κ2) is 10.5. The van der Waals surface area contributed by atoms with Crippen LogP contribution in [0.2, 0.25) is 0 Å². The van der Waals surface area contributed by atoms with Crippen LogP contribution in [0, 0.1) is 0 Å². The van der Waals surface area contributed by atoms with Crippen LogP contribution < -0.4 is 21.3 Å². The van der Waals surface area contributed by atoms with Gasteiger partial charge in [0, 0.05) is 19.5 Å². The molecule has 0 aliphatic carbocycles. The number of benzene rings is 3. The van der Waals surface area contributed by atoms with Crippen molar-refractivity contribution in [1.82, 2.24) is 14.9 Å². The van der Waals surface area contributed by atoms with Crippen LogP contribution in [-0.4, -0.2) is 22.0 Å². The number of fused-ring (bicyclic) bond motifs is 1. The number of aromatic amines is 1. The second-order valence-corrected chi connectivity index (χ2v) is 7.70. The van der Waals surface area contributed by atoms with Gasteiger partial charge in [0.15, 0.2) is 0 Å². The quantitative estimate of drug-likeness (QED) is 0.416. The predicted octanol–water partition coefficient (Wildman–Crippen LogP) is 3.02. The van der Waals surface area contributed by atoms with Gasteiger partial charge >= 0.3 is 5.69 Å². The zero-order valence-electron chi connectivity index (χ0n) is 18.1. The first kappa shape index (κ1) is 22.1. The molecule has 4 aromatic rings. The zero-order valence-corrected chi connectivity index (χ0v) is 18.1. The molecule has 0 saturated carbocycles. The van der Waals surface area contributed by atoms with Crippen molar-refractivity contribution < 1.29 is 9.53 Å². The van der Waals surface area contributed by atoms with Crippen molar-refractivity contribution in [2.75, 3.05) is 6.54 Å². The molecule has 3 aromatic carbocycles. The number of rotatable bonds is 9. The number of aromatic nitrogens is 2. The number of H-pyrrole nitrogens is 1. The molecule has 0 radical (unpaired) electrons. The minimum absolute atomic E-state index is 0.141. The number of aryl methyl sites for hydroxylation is 1. The lowest BCUT2D eigenvalue weighted by Gasteiger charge is -2.10. The highest BCUT2D eigenvalue weighted by atomic mass is 16.5. The fraction of sp³-hybridized carbons (Fsp3) is 0.192. The first-order chi connectivity index (χ1) is 16.1. The Morgan fingerprint density at radius 1 is 0.879 bits per heavy atom. The average molecular weight is 444 g/mol. The van der Waals surface area contributed by atoms with E-state index in [1.165, 1.54) is 4.57 Å². The summed E-state index contributed by atoms with van der Waals surface area (Å²) in [7, 11) is 0. The lowest BCUT2D eigenvalue weighted by atomic mass is 10.1. The highest BCUT2D eigenvalue weighted by Crippen LogP contribution is 2.14. The molecular weight excluding hydrogens is 418 g/mol. The molecule has 0 aliphatic rings. The van der Waals surface area contributed by atoms with Gasteiger partial charge in [0.25, 0.3) is 5.56 Å². The van der Waals surface area contributed by atoms with Crippen LogP contribution in [0.3, 0.4) is 0 Å². The SMILES string of the molecule is O=C(CCn1c(=O)[nH]c(=O)c2ccccc21)NCCc1ccc(OCc2ccccc2)cc1. The standard InChI is InChI=1S/C26H25N3O4/c30-24(15-17-29-23-9-5-4-8-22(23)25(31)28-26(29)32)27-16-14-19-10-12-21(13-11-19)33-18-20-6-2-1-3-7-20/h1-13H,14-18H2,(H,27,30)(H,28,31,32). The predicted molar refractivity (Wildman–Crippen MR) is 127 cm³/mol. The van der Waals surface area contributed by atoms with Gasteiger partial charge in [-0.25, -0.2) is 4.79 Å². The van der Waals surface area contributed by atoms with E-state index in [1.54, 1.807) is 24.3 Å². The van der Waals surface area contributed by atoms with E-state index >= 15 is 0 Å². The topological polar surface area (TPSA) is 93.2 Å². The van der Waals surface area contributed by atoms with E-state index < -0.39 is 11.2 Å². The first-order valence-electron chi connectivity index (χ1n) is 10.8. The van der Waals surface area contributed by atoms with Gasteiger partial charge < -0.3 is 10.1 Å². The van der Waals surface area contributed by atoms with Crippen molar-refractivity contribution in [3.05, 3.63) is 111 Å². The lowest BCUT2D eigenvalue weighted by molar-refractivity contribution is -0.121. The van der Waals surface area contributed by atoms with Gasteiger partial charge in [-0.05, 0) is 41.8 Å². The molecule has 4 rings (SSSR count). The number of para-hydroxylation sites is 1. The molecule has 0 bridgehead atoms. The number of nitrogens with zero attached hydrogens (tertiary/aromatic N) is 1. The highest BCUT2D eigenvalue weighted by molar-refractivity contribution is 5.78. The fourth-order valence-electron chi connectivity index (χ4n) is 3.61. The number of carbonyl (C=O) groups is 1. The van der Waals surface area contributed by atoms with Crippen LogP contribution in [0.4, 0.5) is 0 Å². The maximum absolute atomic E-state index is 12.3. The number of nitrogens with one attached hydrogen (secondary N) is 2. The molecule has 168 valence electrons. The maximum atomic E-state index is 12.3. The van der Waals surface area contributed by atoms with Crippen molar-refractivity contribution in [1.29, 1.82) is 0 Å². The Morgan fingerprint density at radius 3 is 2.39 bits per heavy atom. The Labute approximate surface area is 190 Å². The van der Waals surface area contributed by atoms with Crippen LogP contribution in [0.5, 0.6) is 5.75 Å². The lowest BCUT2D eigenvalue weighted by Crippen LogP contribution is -2.33. The molecular formula is C26H25N3O4. The van der Waals surface area contributed by atoms with Crippen LogP contribution in [-0.2, 0) is 24.4 Å². The molecule has 1 aromatic heterocycles. The summed E-state index contributed by atoms with van der Waals surface area (Å²) in [5.41, 5.74) is 1.79. The van der Waals surface area contributed by atoms with E-state index in [0.717, 1.165) is 16.9 Å². The molecule has 2 N–H and O–H groups in total. The number of carbonyl (C=O) groups excluding carboxylic acids is 1. The Morgan fingerprint density at radius 2 is 1.61 bits per heavy atom. The molecule has 0 saturated heterocycles. The number of ether oxygens (including phenoxy) is 1. The molecule has 0 atom stereocenters. The molecule has 1 amide bonds. The van der Waals surface area contributed by atoms with Crippen molar-refractivity contribution in [3.8, 4) is 5.75 Å². The van der Waals surface area contributed by atoms with Crippen molar-refractivity contribution in [2.45, 2.75) is 26.0 Å². The summed E-state index contributed by atoms with van der Waals surface area (Å²) in [6, 6.07) is 24.7. The van der Waals surface area contributed by atoms with Crippen LogP contribution >= 0.6 is 0 Å². The molecule has 33 heavy (non-hydrogen) atoms. The van der Waals surface area contributed by atoms with Crippen LogP contribution in [0.25, 0.3) is 10.9 Å². The Kier molecular flexibility index (Phi) is 6.99. The van der Waals surface area contributed by atoms with E-state index in [4.69, 9.17) is 4.74 Å². The third-order valence-electron chi connectivity index (χ3n) is 5.38. The van der Waals surface area contributed by atoms with Gasteiger partial charge in [-0.3, -0.25) is 19.1 Å². The van der Waals surface area contributed by atoms with Gasteiger partial charge in [-0.15, -0.1) is 0 Å². The first-order valence-corrected chi connectivity index (χ1v) is 10.8. The van der Waals surface area contributed by atoms with E-state index in [0.29, 0.717) is 30.5 Å². The molecule has 7 nitrogen and oxygen atoms in total.